The Balaban J connectivity index is 1.44. The zero-order valence-corrected chi connectivity index (χ0v) is 31.5. The van der Waals surface area contributed by atoms with Crippen molar-refractivity contribution in [3.8, 4) is 0 Å². The molecule has 3 aliphatic heterocycles. The molecule has 3 aromatic carbocycles. The number of carbonyl (C=O) groups excluding carboxylic acids is 2. The molecule has 9 nitrogen and oxygen atoms in total. The van der Waals surface area contributed by atoms with Gasteiger partial charge < -0.3 is 25.6 Å². The van der Waals surface area contributed by atoms with Gasteiger partial charge in [-0.3, -0.25) is 14.5 Å². The number of ether oxygens (including phenoxy) is 1. The standard InChI is InChI=1S/C42H43Cl2FN4O5/c1-40(2)22-41(23-40)42(29-18-19-31(44)47-37(29)48-39(42)53)32(28-14-9-15-30(43)33(28)45)35(38(52)46-26-16-17-27(20-50)54-21-26)49(41)34(24-10-5-3-6-11-24)36(51)25-12-7-4-8-13-25/h3-15,18-19,26-27,32,34-36,50-51H,16-17,20-23H2,1-2H3,(H,46,52)(H,47,48,53)/t26-,27+,32+,34-,35-,36+,42-/m1/s1. The predicted molar refractivity (Wildman–Crippen MR) is 204 cm³/mol. The first-order valence-corrected chi connectivity index (χ1v) is 19.2. The Morgan fingerprint density at radius 1 is 1.00 bits per heavy atom. The number of benzene rings is 3. The van der Waals surface area contributed by atoms with Crippen LogP contribution >= 0.6 is 23.2 Å². The fraction of sp³-hybridized carbons (Fsp3) is 0.405. The second-order valence-electron chi connectivity index (χ2n) is 15.9. The summed E-state index contributed by atoms with van der Waals surface area (Å²) in [4.78, 5) is 37.4. The number of anilines is 1. The van der Waals surface area contributed by atoms with Gasteiger partial charge in [-0.15, -0.1) is 0 Å². The number of likely N-dealkylation sites (tertiary alicyclic amines) is 1. The van der Waals surface area contributed by atoms with E-state index in [2.05, 4.69) is 29.5 Å². The van der Waals surface area contributed by atoms with E-state index in [0.29, 0.717) is 36.8 Å². The minimum atomic E-state index is -1.60. The van der Waals surface area contributed by atoms with Crippen molar-refractivity contribution in [3.63, 3.8) is 0 Å². The van der Waals surface area contributed by atoms with Gasteiger partial charge in [0.25, 0.3) is 0 Å². The number of rotatable bonds is 8. The number of hydrogen-bond donors (Lipinski definition) is 4. The highest BCUT2D eigenvalue weighted by Gasteiger charge is 2.81. The van der Waals surface area contributed by atoms with Crippen LogP contribution in [0.5, 0.6) is 0 Å². The van der Waals surface area contributed by atoms with Gasteiger partial charge in [0, 0.05) is 17.0 Å². The number of carbonyl (C=O) groups is 2. The first-order chi connectivity index (χ1) is 25.9. The van der Waals surface area contributed by atoms with Crippen LogP contribution in [0, 0.1) is 11.2 Å². The molecule has 2 amide bonds. The van der Waals surface area contributed by atoms with Crippen molar-refractivity contribution < 1.29 is 28.9 Å². The van der Waals surface area contributed by atoms with Gasteiger partial charge in [-0.25, -0.2) is 9.37 Å². The summed E-state index contributed by atoms with van der Waals surface area (Å²) in [5.74, 6) is -2.51. The summed E-state index contributed by atoms with van der Waals surface area (Å²) in [6, 6.07) is 24.3. The molecule has 1 aromatic heterocycles. The summed E-state index contributed by atoms with van der Waals surface area (Å²) in [5, 5.41) is 28.7. The van der Waals surface area contributed by atoms with E-state index in [1.54, 1.807) is 24.3 Å². The second kappa shape index (κ2) is 14.0. The fourth-order valence-electron chi connectivity index (χ4n) is 10.3. The normalized spacial score (nSPS) is 27.9. The molecular weight excluding hydrogens is 730 g/mol. The molecule has 12 heteroatoms. The zero-order valence-electron chi connectivity index (χ0n) is 30.0. The average molecular weight is 774 g/mol. The molecular formula is C42H43Cl2FN4O5. The van der Waals surface area contributed by atoms with Gasteiger partial charge >= 0.3 is 0 Å². The number of halogens is 3. The van der Waals surface area contributed by atoms with E-state index in [1.807, 2.05) is 65.6 Å². The maximum absolute atomic E-state index is 16.9. The van der Waals surface area contributed by atoms with E-state index in [0.717, 1.165) is 5.56 Å². The Morgan fingerprint density at radius 3 is 2.31 bits per heavy atom. The lowest BCUT2D eigenvalue weighted by Crippen LogP contribution is -2.70. The van der Waals surface area contributed by atoms with Crippen molar-refractivity contribution in [3.05, 3.63) is 129 Å². The van der Waals surface area contributed by atoms with E-state index < -0.39 is 58.7 Å². The van der Waals surface area contributed by atoms with E-state index in [4.69, 9.17) is 27.9 Å². The highest BCUT2D eigenvalue weighted by Crippen LogP contribution is 2.73. The predicted octanol–water partition coefficient (Wildman–Crippen LogP) is 6.88. The average Bonchev–Trinajstić information content (AvgIpc) is 3.58. The summed E-state index contributed by atoms with van der Waals surface area (Å²) >= 11 is 13.0. The largest absolute Gasteiger partial charge is 0.394 e. The van der Waals surface area contributed by atoms with Crippen LogP contribution in [-0.4, -0.2) is 68.9 Å². The Kier molecular flexibility index (Phi) is 9.60. The maximum Gasteiger partial charge on any atom is 0.238 e. The molecule has 1 saturated carbocycles. The number of nitrogens with zero attached hydrogens (tertiary/aromatic N) is 2. The molecule has 4 N–H and O–H groups in total. The highest BCUT2D eigenvalue weighted by atomic mass is 35.5. The van der Waals surface area contributed by atoms with E-state index in [9.17, 15) is 10.2 Å². The van der Waals surface area contributed by atoms with E-state index in [-0.39, 0.29) is 46.3 Å². The smallest absolute Gasteiger partial charge is 0.238 e. The number of aromatic nitrogens is 1. The van der Waals surface area contributed by atoms with Crippen molar-refractivity contribution in [1.82, 2.24) is 15.2 Å². The summed E-state index contributed by atoms with van der Waals surface area (Å²) in [5.41, 5.74) is -1.13. The number of hydrogen-bond acceptors (Lipinski definition) is 7. The van der Waals surface area contributed by atoms with E-state index >= 15 is 14.0 Å². The van der Waals surface area contributed by atoms with Crippen molar-refractivity contribution in [2.45, 2.75) is 86.7 Å². The molecule has 0 unspecified atom stereocenters. The lowest BCUT2D eigenvalue weighted by atomic mass is 9.46. The van der Waals surface area contributed by atoms with Gasteiger partial charge in [0.05, 0.1) is 48.6 Å². The third-order valence-electron chi connectivity index (χ3n) is 12.1. The van der Waals surface area contributed by atoms with Gasteiger partial charge in [0.2, 0.25) is 11.8 Å². The molecule has 8 rings (SSSR count). The van der Waals surface area contributed by atoms with Crippen LogP contribution in [0.2, 0.25) is 10.2 Å². The minimum Gasteiger partial charge on any atom is -0.394 e. The molecule has 4 heterocycles. The number of amides is 2. The van der Waals surface area contributed by atoms with Crippen molar-refractivity contribution >= 4 is 40.8 Å². The third kappa shape index (κ3) is 5.76. The highest BCUT2D eigenvalue weighted by molar-refractivity contribution is 6.31. The van der Waals surface area contributed by atoms with Crippen LogP contribution in [0.15, 0.2) is 91.0 Å². The first-order valence-electron chi connectivity index (χ1n) is 18.4. The van der Waals surface area contributed by atoms with Gasteiger partial charge in [-0.2, -0.15) is 0 Å². The van der Waals surface area contributed by atoms with Gasteiger partial charge in [0.1, 0.15) is 22.2 Å². The van der Waals surface area contributed by atoms with Crippen LogP contribution < -0.4 is 10.6 Å². The molecule has 0 bridgehead atoms. The van der Waals surface area contributed by atoms with Crippen molar-refractivity contribution in [2.24, 2.45) is 5.41 Å². The lowest BCUT2D eigenvalue weighted by Gasteiger charge is -2.63. The minimum absolute atomic E-state index is 0.105. The number of pyridine rings is 1. The van der Waals surface area contributed by atoms with Crippen LogP contribution in [0.25, 0.3) is 0 Å². The molecule has 2 saturated heterocycles. The number of aliphatic hydroxyl groups excluding tert-OH is 2. The third-order valence-corrected chi connectivity index (χ3v) is 12.6. The van der Waals surface area contributed by atoms with Crippen LogP contribution in [0.1, 0.15) is 79.8 Å². The Labute approximate surface area is 323 Å². The molecule has 4 aromatic rings. The van der Waals surface area contributed by atoms with Gasteiger partial charge in [0.15, 0.2) is 0 Å². The summed E-state index contributed by atoms with van der Waals surface area (Å²) < 4.78 is 22.8. The summed E-state index contributed by atoms with van der Waals surface area (Å²) in [6.45, 7) is 4.27. The Morgan fingerprint density at radius 2 is 1.69 bits per heavy atom. The van der Waals surface area contributed by atoms with Gasteiger partial charge in [-0.1, -0.05) is 116 Å². The fourth-order valence-corrected chi connectivity index (χ4v) is 10.6. The van der Waals surface area contributed by atoms with E-state index in [1.165, 1.54) is 6.07 Å². The monoisotopic (exact) mass is 772 g/mol. The number of nitrogens with one attached hydrogen (secondary N) is 2. The summed E-state index contributed by atoms with van der Waals surface area (Å²) in [7, 11) is 0. The molecule has 2 spiro atoms. The zero-order chi connectivity index (χ0) is 38.0. The Hall–Kier alpha value is -3.90. The quantitative estimate of drug-likeness (QED) is 0.144. The van der Waals surface area contributed by atoms with Crippen LogP contribution in [0.3, 0.4) is 0 Å². The van der Waals surface area contributed by atoms with Crippen LogP contribution in [-0.2, 0) is 19.7 Å². The maximum atomic E-state index is 16.9. The molecule has 1 aliphatic carbocycles. The summed E-state index contributed by atoms with van der Waals surface area (Å²) in [6.07, 6.45) is 0.413. The molecule has 282 valence electrons. The molecule has 0 radical (unpaired) electrons. The molecule has 4 aliphatic rings. The second-order valence-corrected chi connectivity index (χ2v) is 16.7. The molecule has 7 atom stereocenters. The SMILES string of the molecule is CC1(C)CC2(C1)N([C@H](c1ccccc1)[C@@H](O)c1ccccc1)[C@@H](C(=O)N[C@@H]1CC[C@@H](CO)OC1)[C@H](c1cccc(Cl)c1F)[C@]21C(=O)Nc2nc(Cl)ccc21. The molecule has 54 heavy (non-hydrogen) atoms. The van der Waals surface area contributed by atoms with Crippen molar-refractivity contribution in [2.75, 3.05) is 18.5 Å². The first kappa shape index (κ1) is 37.0. The lowest BCUT2D eigenvalue weighted by molar-refractivity contribution is -0.154. The van der Waals surface area contributed by atoms with Crippen LogP contribution in [0.4, 0.5) is 10.2 Å². The number of aliphatic hydroxyl groups is 2. The Bertz CT molecular complexity index is 2060. The van der Waals surface area contributed by atoms with Gasteiger partial charge in [-0.05, 0) is 59.9 Å². The molecule has 3 fully saturated rings. The number of fused-ring (bicyclic) bond motifs is 3. The van der Waals surface area contributed by atoms with Crippen molar-refractivity contribution in [1.29, 1.82) is 0 Å². The topological polar surface area (TPSA) is 124 Å².